The van der Waals surface area contributed by atoms with Crippen LogP contribution in [0.15, 0.2) is 54.9 Å². The summed E-state index contributed by atoms with van der Waals surface area (Å²) in [5.41, 5.74) is 4.31. The number of nitrogens with one attached hydrogen (secondary N) is 1. The van der Waals surface area contributed by atoms with Crippen molar-refractivity contribution in [3.63, 3.8) is 0 Å². The van der Waals surface area contributed by atoms with Gasteiger partial charge in [-0.2, -0.15) is 5.10 Å². The molecule has 172 valence electrons. The summed E-state index contributed by atoms with van der Waals surface area (Å²) >= 11 is 0. The number of benzene rings is 1. The number of aromatic amines is 1. The van der Waals surface area contributed by atoms with E-state index in [0.717, 1.165) is 28.8 Å². The normalized spacial score (nSPS) is 16.5. The Labute approximate surface area is 194 Å². The maximum absolute atomic E-state index is 13.5. The van der Waals surface area contributed by atoms with Crippen LogP contribution in [0.5, 0.6) is 0 Å². The molecular weight excluding hydrogens is 414 g/mol. The third-order valence-electron chi connectivity index (χ3n) is 6.18. The highest BCUT2D eigenvalue weighted by Crippen LogP contribution is 2.27. The van der Waals surface area contributed by atoms with Crippen LogP contribution in [-0.4, -0.2) is 62.5 Å². The van der Waals surface area contributed by atoms with E-state index in [2.05, 4.69) is 22.1 Å². The number of hydrogen-bond acceptors (Lipinski definition) is 4. The fourth-order valence-electron chi connectivity index (χ4n) is 4.37. The van der Waals surface area contributed by atoms with E-state index in [1.165, 1.54) is 0 Å². The van der Waals surface area contributed by atoms with Gasteiger partial charge in [0.25, 0.3) is 5.91 Å². The molecule has 0 saturated carbocycles. The monoisotopic (exact) mass is 445 g/mol. The molecule has 1 fully saturated rings. The summed E-state index contributed by atoms with van der Waals surface area (Å²) in [5.74, 6) is 0.0350. The first-order valence-electron chi connectivity index (χ1n) is 11.6. The zero-order chi connectivity index (χ0) is 23.4. The second-order valence-corrected chi connectivity index (χ2v) is 8.81. The molecule has 2 aromatic heterocycles. The molecule has 3 heterocycles. The smallest absolute Gasteiger partial charge is 0.275 e. The Bertz CT molecular complexity index is 1110. The first kappa shape index (κ1) is 22.7. The van der Waals surface area contributed by atoms with Crippen LogP contribution in [0.2, 0.25) is 0 Å². The van der Waals surface area contributed by atoms with Crippen molar-refractivity contribution in [3.05, 3.63) is 71.8 Å². The van der Waals surface area contributed by atoms with Gasteiger partial charge in [0.2, 0.25) is 5.91 Å². The number of aromatic nitrogens is 3. The van der Waals surface area contributed by atoms with Crippen LogP contribution in [0.25, 0.3) is 11.1 Å². The van der Waals surface area contributed by atoms with E-state index < -0.39 is 6.04 Å². The van der Waals surface area contributed by atoms with Crippen LogP contribution in [-0.2, 0) is 11.2 Å². The lowest BCUT2D eigenvalue weighted by Gasteiger charge is -2.40. The molecule has 1 atom stereocenters. The Balaban J connectivity index is 1.67. The molecular formula is C26H31N5O2. The standard InChI is InChI=1S/C26H31N5O2/c1-4-12-30-13-14-31(25(32)23-16-22(18(2)3)28-29-23)24(26(30)33)15-19-8-5-6-10-21(19)20-9-7-11-27-17-20/h5-11,16-18,24H,4,12-15H2,1-3H3,(H,28,29)/t24-/m0/s1. The number of nitrogens with zero attached hydrogens (tertiary/aromatic N) is 4. The molecule has 33 heavy (non-hydrogen) atoms. The quantitative estimate of drug-likeness (QED) is 0.598. The third kappa shape index (κ3) is 4.82. The number of H-pyrrole nitrogens is 1. The molecule has 2 amide bonds. The van der Waals surface area contributed by atoms with E-state index in [9.17, 15) is 9.59 Å². The molecule has 1 aliphatic rings. The topological polar surface area (TPSA) is 82.2 Å². The Kier molecular flexibility index (Phi) is 6.87. The van der Waals surface area contributed by atoms with E-state index in [-0.39, 0.29) is 17.7 Å². The first-order chi connectivity index (χ1) is 16.0. The summed E-state index contributed by atoms with van der Waals surface area (Å²) in [6.45, 7) is 7.89. The van der Waals surface area contributed by atoms with Crippen LogP contribution >= 0.6 is 0 Å². The number of hydrogen-bond donors (Lipinski definition) is 1. The van der Waals surface area contributed by atoms with Gasteiger partial charge in [-0.05, 0) is 35.6 Å². The first-order valence-corrected chi connectivity index (χ1v) is 11.6. The van der Waals surface area contributed by atoms with Gasteiger partial charge >= 0.3 is 0 Å². The average Bonchev–Trinajstić information content (AvgIpc) is 3.33. The van der Waals surface area contributed by atoms with E-state index in [1.807, 2.05) is 61.3 Å². The number of pyridine rings is 1. The predicted molar refractivity (Wildman–Crippen MR) is 128 cm³/mol. The van der Waals surface area contributed by atoms with Crippen molar-refractivity contribution in [2.75, 3.05) is 19.6 Å². The van der Waals surface area contributed by atoms with Gasteiger partial charge < -0.3 is 9.80 Å². The highest BCUT2D eigenvalue weighted by molar-refractivity contribution is 5.97. The van der Waals surface area contributed by atoms with Crippen molar-refractivity contribution in [2.45, 2.75) is 45.6 Å². The van der Waals surface area contributed by atoms with Gasteiger partial charge in [0.05, 0.1) is 0 Å². The number of carbonyl (C=O) groups excluding carboxylic acids is 2. The lowest BCUT2D eigenvalue weighted by Crippen LogP contribution is -2.59. The predicted octanol–water partition coefficient (Wildman–Crippen LogP) is 3.90. The minimum absolute atomic E-state index is 0.00272. The second-order valence-electron chi connectivity index (χ2n) is 8.81. The lowest BCUT2D eigenvalue weighted by molar-refractivity contribution is -0.140. The number of rotatable bonds is 7. The molecule has 0 spiro atoms. The number of amides is 2. The zero-order valence-electron chi connectivity index (χ0n) is 19.5. The van der Waals surface area contributed by atoms with Gasteiger partial charge in [0.1, 0.15) is 11.7 Å². The fraction of sp³-hybridized carbons (Fsp3) is 0.385. The van der Waals surface area contributed by atoms with Gasteiger partial charge in [-0.15, -0.1) is 0 Å². The number of piperazine rings is 1. The van der Waals surface area contributed by atoms with Crippen LogP contribution in [0, 0.1) is 0 Å². The summed E-state index contributed by atoms with van der Waals surface area (Å²) < 4.78 is 0. The molecule has 1 N–H and O–H groups in total. The van der Waals surface area contributed by atoms with Crippen molar-refractivity contribution in [2.24, 2.45) is 0 Å². The molecule has 1 saturated heterocycles. The maximum atomic E-state index is 13.5. The van der Waals surface area contributed by atoms with E-state index in [1.54, 1.807) is 17.2 Å². The molecule has 7 heteroatoms. The Morgan fingerprint density at radius 2 is 2.00 bits per heavy atom. The number of carbonyl (C=O) groups is 2. The van der Waals surface area contributed by atoms with Crippen molar-refractivity contribution < 1.29 is 9.59 Å². The molecule has 4 rings (SSSR count). The highest BCUT2D eigenvalue weighted by Gasteiger charge is 2.38. The highest BCUT2D eigenvalue weighted by atomic mass is 16.2. The van der Waals surface area contributed by atoms with Crippen molar-refractivity contribution in [3.8, 4) is 11.1 Å². The van der Waals surface area contributed by atoms with Gasteiger partial charge in [0.15, 0.2) is 0 Å². The lowest BCUT2D eigenvalue weighted by atomic mass is 9.93. The molecule has 3 aromatic rings. The van der Waals surface area contributed by atoms with Crippen molar-refractivity contribution >= 4 is 11.8 Å². The molecule has 0 radical (unpaired) electrons. The molecule has 0 unspecified atom stereocenters. The summed E-state index contributed by atoms with van der Waals surface area (Å²) in [7, 11) is 0. The van der Waals surface area contributed by atoms with Crippen LogP contribution < -0.4 is 0 Å². The Hall–Kier alpha value is -3.48. The van der Waals surface area contributed by atoms with E-state index >= 15 is 0 Å². The molecule has 0 bridgehead atoms. The minimum atomic E-state index is -0.574. The molecule has 1 aliphatic heterocycles. The molecule has 1 aromatic carbocycles. The third-order valence-corrected chi connectivity index (χ3v) is 6.18. The summed E-state index contributed by atoms with van der Waals surface area (Å²) in [6.07, 6.45) is 4.90. The van der Waals surface area contributed by atoms with Crippen molar-refractivity contribution in [1.29, 1.82) is 0 Å². The fourth-order valence-corrected chi connectivity index (χ4v) is 4.37. The summed E-state index contributed by atoms with van der Waals surface area (Å²) in [5, 5.41) is 7.21. The SMILES string of the molecule is CCCN1CCN(C(=O)c2cc(C(C)C)[nH]n2)[C@@H](Cc2ccccc2-c2cccnc2)C1=O. The second kappa shape index (κ2) is 9.98. The van der Waals surface area contributed by atoms with Gasteiger partial charge in [-0.25, -0.2) is 0 Å². The molecule has 7 nitrogen and oxygen atoms in total. The summed E-state index contributed by atoms with van der Waals surface area (Å²) in [6, 6.07) is 13.2. The van der Waals surface area contributed by atoms with E-state index in [4.69, 9.17) is 0 Å². The Morgan fingerprint density at radius 1 is 1.18 bits per heavy atom. The van der Waals surface area contributed by atoms with Gasteiger partial charge in [0, 0.05) is 49.7 Å². The average molecular weight is 446 g/mol. The van der Waals surface area contributed by atoms with Crippen molar-refractivity contribution in [1.82, 2.24) is 25.0 Å². The van der Waals surface area contributed by atoms with Crippen LogP contribution in [0.4, 0.5) is 0 Å². The van der Waals surface area contributed by atoms with Crippen LogP contribution in [0.3, 0.4) is 0 Å². The largest absolute Gasteiger partial charge is 0.339 e. The van der Waals surface area contributed by atoms with Gasteiger partial charge in [-0.1, -0.05) is 51.1 Å². The van der Waals surface area contributed by atoms with E-state index in [0.29, 0.717) is 31.7 Å². The zero-order valence-corrected chi connectivity index (χ0v) is 19.5. The maximum Gasteiger partial charge on any atom is 0.275 e. The van der Waals surface area contributed by atoms with Gasteiger partial charge in [-0.3, -0.25) is 19.7 Å². The van der Waals surface area contributed by atoms with Crippen LogP contribution in [0.1, 0.15) is 54.9 Å². The minimum Gasteiger partial charge on any atom is -0.339 e. The molecule has 0 aliphatic carbocycles. The summed E-state index contributed by atoms with van der Waals surface area (Å²) in [4.78, 5) is 34.8. The Morgan fingerprint density at radius 3 is 2.70 bits per heavy atom.